The van der Waals surface area contributed by atoms with Gasteiger partial charge in [0.15, 0.2) is 11.5 Å². The van der Waals surface area contributed by atoms with E-state index in [4.69, 9.17) is 19.4 Å². The molecule has 1 N–H and O–H groups in total. The van der Waals surface area contributed by atoms with Gasteiger partial charge in [-0.2, -0.15) is 5.10 Å². The number of carbonyl (C=O) groups is 1. The molecule has 11 nitrogen and oxygen atoms in total. The minimum Gasteiger partial charge on any atom is -0.378 e. The highest BCUT2D eigenvalue weighted by Gasteiger charge is 2.33. The van der Waals surface area contributed by atoms with Crippen molar-refractivity contribution in [3.63, 3.8) is 0 Å². The number of likely N-dealkylation sites (tertiary alicyclic amines) is 1. The van der Waals surface area contributed by atoms with Crippen LogP contribution in [-0.2, 0) is 16.5 Å². The molecule has 0 aromatic carbocycles. The second-order valence-electron chi connectivity index (χ2n) is 9.69. The average molecular weight is 481 g/mol. The molecular weight excluding hydrogens is 448 g/mol. The third kappa shape index (κ3) is 4.28. The number of nitrogens with one attached hydrogen (secondary N) is 1. The SMILES string of the molecule is CN(C(=O)c1nc2c(N3CCOCC3)cc(-c3cnn(C)c3)nc2[nH]1)C1CCN(C2COC2)CC1. The van der Waals surface area contributed by atoms with Gasteiger partial charge in [-0.15, -0.1) is 0 Å². The lowest BCUT2D eigenvalue weighted by atomic mass is 10.0. The van der Waals surface area contributed by atoms with Crippen LogP contribution in [0.25, 0.3) is 22.4 Å². The third-order valence-corrected chi connectivity index (χ3v) is 7.49. The smallest absolute Gasteiger partial charge is 0.289 e. The number of fused-ring (bicyclic) bond motifs is 1. The number of rotatable bonds is 5. The zero-order valence-electron chi connectivity index (χ0n) is 20.3. The Morgan fingerprint density at radius 2 is 1.89 bits per heavy atom. The number of ether oxygens (including phenoxy) is 2. The van der Waals surface area contributed by atoms with Gasteiger partial charge < -0.3 is 24.3 Å². The van der Waals surface area contributed by atoms with E-state index in [1.54, 1.807) is 10.9 Å². The lowest BCUT2D eigenvalue weighted by Gasteiger charge is -2.43. The molecule has 3 fully saturated rings. The van der Waals surface area contributed by atoms with Crippen molar-refractivity contribution in [1.29, 1.82) is 0 Å². The number of carbonyl (C=O) groups excluding carboxylic acids is 1. The van der Waals surface area contributed by atoms with Crippen LogP contribution in [0.1, 0.15) is 23.5 Å². The molecule has 3 saturated heterocycles. The van der Waals surface area contributed by atoms with Crippen molar-refractivity contribution in [2.24, 2.45) is 7.05 Å². The number of aromatic nitrogens is 5. The van der Waals surface area contributed by atoms with E-state index in [2.05, 4.69) is 19.9 Å². The lowest BCUT2D eigenvalue weighted by Crippen LogP contribution is -2.54. The molecule has 1 amide bonds. The highest BCUT2D eigenvalue weighted by atomic mass is 16.5. The van der Waals surface area contributed by atoms with Crippen molar-refractivity contribution in [3.8, 4) is 11.3 Å². The first-order chi connectivity index (χ1) is 17.1. The summed E-state index contributed by atoms with van der Waals surface area (Å²) < 4.78 is 12.7. The topological polar surface area (TPSA) is 105 Å². The molecule has 0 saturated carbocycles. The minimum atomic E-state index is -0.0933. The molecule has 0 spiro atoms. The first kappa shape index (κ1) is 22.4. The Labute approximate surface area is 204 Å². The van der Waals surface area contributed by atoms with Gasteiger partial charge in [-0.1, -0.05) is 0 Å². The number of anilines is 1. The van der Waals surface area contributed by atoms with Crippen molar-refractivity contribution in [1.82, 2.24) is 34.5 Å². The Bertz CT molecular complexity index is 1200. The van der Waals surface area contributed by atoms with E-state index in [9.17, 15) is 4.79 Å². The van der Waals surface area contributed by atoms with Crippen molar-refractivity contribution < 1.29 is 14.3 Å². The van der Waals surface area contributed by atoms with Crippen LogP contribution in [0.5, 0.6) is 0 Å². The van der Waals surface area contributed by atoms with Crippen molar-refractivity contribution >= 4 is 22.8 Å². The molecule has 3 aliphatic heterocycles. The number of aromatic amines is 1. The zero-order chi connectivity index (χ0) is 23.9. The van der Waals surface area contributed by atoms with Gasteiger partial charge >= 0.3 is 0 Å². The highest BCUT2D eigenvalue weighted by molar-refractivity contribution is 5.97. The summed E-state index contributed by atoms with van der Waals surface area (Å²) in [6.45, 7) is 6.52. The molecule has 186 valence electrons. The number of aryl methyl sites for hydroxylation is 1. The fourth-order valence-corrected chi connectivity index (χ4v) is 5.23. The monoisotopic (exact) mass is 480 g/mol. The molecule has 3 aromatic rings. The normalized spacial score (nSPS) is 20.3. The molecule has 0 radical (unpaired) electrons. The summed E-state index contributed by atoms with van der Waals surface area (Å²) in [5.74, 6) is 0.243. The van der Waals surface area contributed by atoms with Gasteiger partial charge in [0, 0.05) is 58.1 Å². The maximum absolute atomic E-state index is 13.5. The molecule has 0 bridgehead atoms. The van der Waals surface area contributed by atoms with Crippen LogP contribution < -0.4 is 4.90 Å². The largest absolute Gasteiger partial charge is 0.378 e. The quantitative estimate of drug-likeness (QED) is 0.580. The van der Waals surface area contributed by atoms with Crippen molar-refractivity contribution in [2.45, 2.75) is 24.9 Å². The molecule has 0 atom stereocenters. The number of piperidine rings is 1. The summed E-state index contributed by atoms with van der Waals surface area (Å²) in [5.41, 5.74) is 4.02. The van der Waals surface area contributed by atoms with E-state index >= 15 is 0 Å². The van der Waals surface area contributed by atoms with Crippen LogP contribution in [0, 0.1) is 0 Å². The average Bonchev–Trinajstić information content (AvgIpc) is 3.49. The van der Waals surface area contributed by atoms with Gasteiger partial charge in [-0.05, 0) is 18.9 Å². The van der Waals surface area contributed by atoms with Crippen LogP contribution in [0.2, 0.25) is 0 Å². The van der Waals surface area contributed by atoms with Gasteiger partial charge in [-0.25, -0.2) is 9.97 Å². The molecule has 6 rings (SSSR count). The van der Waals surface area contributed by atoms with Crippen LogP contribution in [0.4, 0.5) is 5.69 Å². The van der Waals surface area contributed by atoms with Crippen molar-refractivity contribution in [3.05, 3.63) is 24.3 Å². The number of H-pyrrole nitrogens is 1. The molecule has 6 heterocycles. The van der Waals surface area contributed by atoms with E-state index in [1.807, 2.05) is 31.3 Å². The summed E-state index contributed by atoms with van der Waals surface area (Å²) in [5, 5.41) is 4.29. The highest BCUT2D eigenvalue weighted by Crippen LogP contribution is 2.31. The second-order valence-corrected chi connectivity index (χ2v) is 9.69. The van der Waals surface area contributed by atoms with E-state index in [0.717, 1.165) is 74.7 Å². The number of imidazole rings is 1. The Kier molecular flexibility index (Phi) is 5.91. The van der Waals surface area contributed by atoms with E-state index < -0.39 is 0 Å². The molecule has 0 aliphatic carbocycles. The van der Waals surface area contributed by atoms with E-state index in [0.29, 0.717) is 30.7 Å². The summed E-state index contributed by atoms with van der Waals surface area (Å²) >= 11 is 0. The standard InChI is InChI=1S/C24H32N8O3/c1-29-13-16(12-25-29)19-11-20(32-7-9-34-10-8-32)21-22(26-19)28-23(27-21)24(33)30(2)17-3-5-31(6-4-17)18-14-35-15-18/h11-13,17-18H,3-10,14-15H2,1-2H3,(H,26,27,28). The Morgan fingerprint density at radius 3 is 2.54 bits per heavy atom. The number of pyridine rings is 1. The van der Waals surface area contributed by atoms with Crippen LogP contribution >= 0.6 is 0 Å². The van der Waals surface area contributed by atoms with Crippen LogP contribution in [-0.4, -0.2) is 112 Å². The van der Waals surface area contributed by atoms with Gasteiger partial charge in [0.05, 0.1) is 50.0 Å². The number of hydrogen-bond donors (Lipinski definition) is 1. The number of amides is 1. The molecule has 3 aromatic heterocycles. The fourth-order valence-electron chi connectivity index (χ4n) is 5.23. The summed E-state index contributed by atoms with van der Waals surface area (Å²) in [6.07, 6.45) is 5.66. The van der Waals surface area contributed by atoms with Crippen molar-refractivity contribution in [2.75, 3.05) is 64.6 Å². The van der Waals surface area contributed by atoms with Gasteiger partial charge in [0.25, 0.3) is 5.91 Å². The Hall–Kier alpha value is -3.02. The fraction of sp³-hybridized carbons (Fsp3) is 0.583. The molecule has 0 unspecified atom stereocenters. The number of nitrogens with zero attached hydrogens (tertiary/aromatic N) is 7. The first-order valence-corrected chi connectivity index (χ1v) is 12.4. The Morgan fingerprint density at radius 1 is 1.11 bits per heavy atom. The first-order valence-electron chi connectivity index (χ1n) is 12.4. The Balaban J connectivity index is 1.28. The predicted octanol–water partition coefficient (Wildman–Crippen LogP) is 1.13. The molecule has 3 aliphatic rings. The zero-order valence-corrected chi connectivity index (χ0v) is 20.3. The van der Waals surface area contributed by atoms with Gasteiger partial charge in [0.2, 0.25) is 0 Å². The van der Waals surface area contributed by atoms with Gasteiger partial charge in [0.1, 0.15) is 5.52 Å². The third-order valence-electron chi connectivity index (χ3n) is 7.49. The predicted molar refractivity (Wildman–Crippen MR) is 130 cm³/mol. The summed E-state index contributed by atoms with van der Waals surface area (Å²) in [4.78, 5) is 32.9. The lowest BCUT2D eigenvalue weighted by molar-refractivity contribution is -0.0745. The van der Waals surface area contributed by atoms with E-state index in [-0.39, 0.29) is 11.9 Å². The second kappa shape index (κ2) is 9.21. The van der Waals surface area contributed by atoms with Crippen LogP contribution in [0.15, 0.2) is 18.5 Å². The summed E-state index contributed by atoms with van der Waals surface area (Å²) in [7, 11) is 3.78. The summed E-state index contributed by atoms with van der Waals surface area (Å²) in [6, 6.07) is 2.79. The molecule has 11 heteroatoms. The minimum absolute atomic E-state index is 0.0933. The molecule has 35 heavy (non-hydrogen) atoms. The maximum atomic E-state index is 13.5. The number of hydrogen-bond acceptors (Lipinski definition) is 8. The maximum Gasteiger partial charge on any atom is 0.289 e. The van der Waals surface area contributed by atoms with Crippen LogP contribution in [0.3, 0.4) is 0 Å². The molecular formula is C24H32N8O3. The van der Waals surface area contributed by atoms with E-state index in [1.165, 1.54) is 0 Å². The number of morpholine rings is 1. The van der Waals surface area contributed by atoms with Gasteiger partial charge in [-0.3, -0.25) is 14.4 Å².